The lowest BCUT2D eigenvalue weighted by molar-refractivity contribution is 0.184. The summed E-state index contributed by atoms with van der Waals surface area (Å²) in [6, 6.07) is 0. The van der Waals surface area contributed by atoms with Crippen LogP contribution >= 0.6 is 0 Å². The third kappa shape index (κ3) is 5.22. The van der Waals surface area contributed by atoms with Gasteiger partial charge in [0.05, 0.1) is 6.10 Å². The van der Waals surface area contributed by atoms with Crippen LogP contribution in [0.3, 0.4) is 0 Å². The van der Waals surface area contributed by atoms with E-state index in [1.807, 2.05) is 6.92 Å². The van der Waals surface area contributed by atoms with Crippen LogP contribution in [0.2, 0.25) is 0 Å². The Kier molecular flexibility index (Phi) is 3.87. The molecule has 1 atom stereocenters. The first kappa shape index (κ1) is 9.01. The lowest BCUT2D eigenvalue weighted by Gasteiger charge is -2.05. The molecule has 1 rings (SSSR count). The van der Waals surface area contributed by atoms with Gasteiger partial charge in [-0.05, 0) is 38.8 Å². The number of nitrogens with one attached hydrogen (secondary N) is 1. The summed E-state index contributed by atoms with van der Waals surface area (Å²) in [5, 5.41) is 12.3. The Bertz CT molecular complexity index is 95.7. The van der Waals surface area contributed by atoms with Crippen LogP contribution in [0.4, 0.5) is 0 Å². The molecular weight excluding hydrogens is 138 g/mol. The van der Waals surface area contributed by atoms with Crippen LogP contribution in [0.25, 0.3) is 0 Å². The van der Waals surface area contributed by atoms with Gasteiger partial charge in [-0.25, -0.2) is 0 Å². The predicted octanol–water partition coefficient (Wildman–Crippen LogP) is 1.15. The van der Waals surface area contributed by atoms with Gasteiger partial charge >= 0.3 is 0 Å². The first-order chi connectivity index (χ1) is 5.29. The molecule has 1 fully saturated rings. The molecule has 0 aromatic rings. The standard InChI is InChI=1S/C9H19NO/c1-8(11)4-6-10-7-5-9-2-3-9/h8-11H,2-7H2,1H3. The third-order valence-electron chi connectivity index (χ3n) is 2.17. The summed E-state index contributed by atoms with van der Waals surface area (Å²) in [7, 11) is 0. The number of hydrogen-bond donors (Lipinski definition) is 2. The zero-order valence-electron chi connectivity index (χ0n) is 7.34. The summed E-state index contributed by atoms with van der Waals surface area (Å²) >= 11 is 0. The Hall–Kier alpha value is -0.0800. The first-order valence-electron chi connectivity index (χ1n) is 4.68. The van der Waals surface area contributed by atoms with Crippen LogP contribution in [0.15, 0.2) is 0 Å². The average molecular weight is 157 g/mol. The molecule has 11 heavy (non-hydrogen) atoms. The Morgan fingerprint density at radius 3 is 2.73 bits per heavy atom. The Labute approximate surface area is 69.0 Å². The van der Waals surface area contributed by atoms with E-state index in [4.69, 9.17) is 5.11 Å². The lowest BCUT2D eigenvalue weighted by Crippen LogP contribution is -2.20. The summed E-state index contributed by atoms with van der Waals surface area (Å²) < 4.78 is 0. The van der Waals surface area contributed by atoms with Crippen molar-refractivity contribution in [2.75, 3.05) is 13.1 Å². The smallest absolute Gasteiger partial charge is 0.0524 e. The molecule has 66 valence electrons. The van der Waals surface area contributed by atoms with Crippen molar-refractivity contribution in [3.63, 3.8) is 0 Å². The highest BCUT2D eigenvalue weighted by molar-refractivity contribution is 4.73. The zero-order chi connectivity index (χ0) is 8.10. The van der Waals surface area contributed by atoms with E-state index in [0.717, 1.165) is 25.4 Å². The fourth-order valence-electron chi connectivity index (χ4n) is 1.15. The molecule has 0 heterocycles. The van der Waals surface area contributed by atoms with Gasteiger partial charge in [0.15, 0.2) is 0 Å². The SMILES string of the molecule is CC(O)CCNCCC1CC1. The zero-order valence-corrected chi connectivity index (χ0v) is 7.34. The van der Waals surface area contributed by atoms with Gasteiger partial charge in [0, 0.05) is 0 Å². The molecule has 2 heteroatoms. The summed E-state index contributed by atoms with van der Waals surface area (Å²) in [6.45, 7) is 3.93. The van der Waals surface area contributed by atoms with Crippen molar-refractivity contribution in [1.29, 1.82) is 0 Å². The number of hydrogen-bond acceptors (Lipinski definition) is 2. The molecule has 1 aliphatic carbocycles. The summed E-state index contributed by atoms with van der Waals surface area (Å²) in [5.41, 5.74) is 0. The summed E-state index contributed by atoms with van der Waals surface area (Å²) in [6.07, 6.45) is 4.95. The molecule has 1 saturated carbocycles. The van der Waals surface area contributed by atoms with Gasteiger partial charge in [-0.1, -0.05) is 12.8 Å². The predicted molar refractivity (Wildman–Crippen MR) is 46.5 cm³/mol. The van der Waals surface area contributed by atoms with Crippen LogP contribution < -0.4 is 5.32 Å². The van der Waals surface area contributed by atoms with Crippen LogP contribution in [0, 0.1) is 5.92 Å². The highest BCUT2D eigenvalue weighted by atomic mass is 16.3. The Morgan fingerprint density at radius 1 is 1.45 bits per heavy atom. The number of aliphatic hydroxyl groups is 1. The largest absolute Gasteiger partial charge is 0.393 e. The van der Waals surface area contributed by atoms with E-state index < -0.39 is 0 Å². The van der Waals surface area contributed by atoms with Gasteiger partial charge in [0.25, 0.3) is 0 Å². The highest BCUT2D eigenvalue weighted by Gasteiger charge is 2.19. The van der Waals surface area contributed by atoms with E-state index in [9.17, 15) is 0 Å². The van der Waals surface area contributed by atoms with Gasteiger partial charge in [-0.3, -0.25) is 0 Å². The normalized spacial score (nSPS) is 20.2. The second-order valence-corrected chi connectivity index (χ2v) is 3.62. The van der Waals surface area contributed by atoms with Crippen LogP contribution in [0.5, 0.6) is 0 Å². The van der Waals surface area contributed by atoms with E-state index in [0.29, 0.717) is 0 Å². The van der Waals surface area contributed by atoms with Gasteiger partial charge in [0.2, 0.25) is 0 Å². The molecule has 0 spiro atoms. The third-order valence-corrected chi connectivity index (χ3v) is 2.17. The highest BCUT2D eigenvalue weighted by Crippen LogP contribution is 2.31. The van der Waals surface area contributed by atoms with Gasteiger partial charge in [-0.15, -0.1) is 0 Å². The maximum atomic E-state index is 8.93. The molecule has 1 unspecified atom stereocenters. The molecule has 0 aliphatic heterocycles. The summed E-state index contributed by atoms with van der Waals surface area (Å²) in [4.78, 5) is 0. The van der Waals surface area contributed by atoms with E-state index in [1.165, 1.54) is 19.3 Å². The maximum Gasteiger partial charge on any atom is 0.0524 e. The van der Waals surface area contributed by atoms with Crippen molar-refractivity contribution >= 4 is 0 Å². The molecule has 0 aromatic carbocycles. The van der Waals surface area contributed by atoms with E-state index in [2.05, 4.69) is 5.32 Å². The van der Waals surface area contributed by atoms with Gasteiger partial charge in [-0.2, -0.15) is 0 Å². The topological polar surface area (TPSA) is 32.3 Å². The van der Waals surface area contributed by atoms with E-state index >= 15 is 0 Å². The quantitative estimate of drug-likeness (QED) is 0.567. The lowest BCUT2D eigenvalue weighted by atomic mass is 10.2. The minimum Gasteiger partial charge on any atom is -0.393 e. The van der Waals surface area contributed by atoms with Gasteiger partial charge < -0.3 is 10.4 Å². The minimum absolute atomic E-state index is 0.150. The molecular formula is C9H19NO. The fraction of sp³-hybridized carbons (Fsp3) is 1.00. The molecule has 2 N–H and O–H groups in total. The molecule has 0 radical (unpaired) electrons. The van der Waals surface area contributed by atoms with Crippen molar-refractivity contribution in [3.05, 3.63) is 0 Å². The second-order valence-electron chi connectivity index (χ2n) is 3.62. The molecule has 0 bridgehead atoms. The molecule has 2 nitrogen and oxygen atoms in total. The Morgan fingerprint density at radius 2 is 2.18 bits per heavy atom. The van der Waals surface area contributed by atoms with Crippen LogP contribution in [-0.4, -0.2) is 24.3 Å². The van der Waals surface area contributed by atoms with E-state index in [-0.39, 0.29) is 6.10 Å². The Balaban J connectivity index is 1.73. The molecule has 0 saturated heterocycles. The van der Waals surface area contributed by atoms with Crippen LogP contribution in [-0.2, 0) is 0 Å². The molecule has 0 aromatic heterocycles. The number of rotatable bonds is 6. The minimum atomic E-state index is -0.150. The second kappa shape index (κ2) is 4.73. The van der Waals surface area contributed by atoms with Gasteiger partial charge in [0.1, 0.15) is 0 Å². The maximum absolute atomic E-state index is 8.93. The van der Waals surface area contributed by atoms with Crippen molar-refractivity contribution < 1.29 is 5.11 Å². The van der Waals surface area contributed by atoms with Crippen LogP contribution in [0.1, 0.15) is 32.6 Å². The van der Waals surface area contributed by atoms with E-state index in [1.54, 1.807) is 0 Å². The molecule has 0 amide bonds. The van der Waals surface area contributed by atoms with Crippen molar-refractivity contribution in [1.82, 2.24) is 5.32 Å². The monoisotopic (exact) mass is 157 g/mol. The average Bonchev–Trinajstić information content (AvgIpc) is 2.70. The fourth-order valence-corrected chi connectivity index (χ4v) is 1.15. The van der Waals surface area contributed by atoms with Crippen molar-refractivity contribution in [2.24, 2.45) is 5.92 Å². The summed E-state index contributed by atoms with van der Waals surface area (Å²) in [5.74, 6) is 1.02. The number of aliphatic hydroxyl groups excluding tert-OH is 1. The first-order valence-corrected chi connectivity index (χ1v) is 4.68. The van der Waals surface area contributed by atoms with Crippen molar-refractivity contribution in [2.45, 2.75) is 38.7 Å². The van der Waals surface area contributed by atoms with Crippen molar-refractivity contribution in [3.8, 4) is 0 Å². The molecule has 1 aliphatic rings.